The van der Waals surface area contributed by atoms with Crippen molar-refractivity contribution in [2.45, 2.75) is 32.2 Å². The number of nitrogens with one attached hydrogen (secondary N) is 3. The third kappa shape index (κ3) is 2.44. The van der Waals surface area contributed by atoms with Gasteiger partial charge in [-0.25, -0.2) is 0 Å². The van der Waals surface area contributed by atoms with Crippen molar-refractivity contribution < 1.29 is 9.59 Å². The van der Waals surface area contributed by atoms with Gasteiger partial charge in [0.1, 0.15) is 0 Å². The second-order valence-corrected chi connectivity index (χ2v) is 4.39. The van der Waals surface area contributed by atoms with Gasteiger partial charge in [-0.05, 0) is 6.42 Å². The fraction of sp³-hybridized carbons (Fsp3) is 0.545. The number of carbonyl (C=O) groups is 2. The van der Waals surface area contributed by atoms with E-state index >= 15 is 0 Å². The van der Waals surface area contributed by atoms with Gasteiger partial charge in [-0.1, -0.05) is 13.3 Å². The molecule has 1 aliphatic heterocycles. The fourth-order valence-electron chi connectivity index (χ4n) is 1.96. The monoisotopic (exact) mass is 251 g/mol. The molecule has 2 amide bonds. The zero-order valence-corrected chi connectivity index (χ0v) is 10.2. The van der Waals surface area contributed by atoms with Crippen molar-refractivity contribution in [3.05, 3.63) is 11.4 Å². The van der Waals surface area contributed by atoms with Crippen molar-refractivity contribution >= 4 is 17.5 Å². The number of H-pyrrole nitrogens is 1. The number of nitrogen functional groups attached to an aromatic ring is 1. The van der Waals surface area contributed by atoms with Crippen molar-refractivity contribution in [3.63, 3.8) is 0 Å². The smallest absolute Gasteiger partial charge is 0.274 e. The van der Waals surface area contributed by atoms with Gasteiger partial charge in [-0.2, -0.15) is 5.10 Å². The van der Waals surface area contributed by atoms with E-state index in [1.807, 2.05) is 6.92 Å². The lowest BCUT2D eigenvalue weighted by Gasteiger charge is -2.08. The van der Waals surface area contributed by atoms with Crippen molar-refractivity contribution in [3.8, 4) is 0 Å². The highest BCUT2D eigenvalue weighted by Crippen LogP contribution is 2.15. The molecule has 0 bridgehead atoms. The van der Waals surface area contributed by atoms with Crippen LogP contribution in [0.25, 0.3) is 0 Å². The van der Waals surface area contributed by atoms with Gasteiger partial charge in [-0.3, -0.25) is 14.7 Å². The Balaban J connectivity index is 2.02. The molecule has 2 heterocycles. The molecule has 5 N–H and O–H groups in total. The molecule has 1 aromatic rings. The third-order valence-electron chi connectivity index (χ3n) is 2.91. The van der Waals surface area contributed by atoms with Crippen LogP contribution in [0.1, 0.15) is 35.9 Å². The summed E-state index contributed by atoms with van der Waals surface area (Å²) in [5.41, 5.74) is 7.24. The summed E-state index contributed by atoms with van der Waals surface area (Å²) in [5.74, 6) is -0.394. The summed E-state index contributed by atoms with van der Waals surface area (Å²) in [6.07, 6.45) is 1.99. The number of aryl methyl sites for hydroxylation is 1. The SMILES string of the molecule is CCCc1[nH]nc(C(=O)NC2CNC(=O)C2)c1N. The Labute approximate surface area is 105 Å². The molecule has 1 aromatic heterocycles. The minimum atomic E-state index is -0.340. The summed E-state index contributed by atoms with van der Waals surface area (Å²) in [6.45, 7) is 2.48. The molecule has 98 valence electrons. The number of aromatic nitrogens is 2. The second kappa shape index (κ2) is 5.07. The quantitative estimate of drug-likeness (QED) is 0.581. The topological polar surface area (TPSA) is 113 Å². The number of anilines is 1. The Hall–Kier alpha value is -2.05. The first-order valence-corrected chi connectivity index (χ1v) is 6.02. The fourth-order valence-corrected chi connectivity index (χ4v) is 1.96. The Morgan fingerprint density at radius 2 is 2.39 bits per heavy atom. The van der Waals surface area contributed by atoms with Crippen LogP contribution >= 0.6 is 0 Å². The van der Waals surface area contributed by atoms with Crippen LogP contribution in [0.2, 0.25) is 0 Å². The molecule has 7 heteroatoms. The first-order chi connectivity index (χ1) is 8.61. The molecule has 1 unspecified atom stereocenters. The van der Waals surface area contributed by atoms with E-state index in [9.17, 15) is 9.59 Å². The highest BCUT2D eigenvalue weighted by atomic mass is 16.2. The van der Waals surface area contributed by atoms with E-state index < -0.39 is 0 Å². The maximum absolute atomic E-state index is 11.9. The minimum Gasteiger partial charge on any atom is -0.395 e. The maximum atomic E-state index is 11.9. The normalized spacial score (nSPS) is 18.7. The molecular formula is C11H17N5O2. The first kappa shape index (κ1) is 12.4. The number of carbonyl (C=O) groups excluding carboxylic acids is 2. The number of nitrogens with zero attached hydrogens (tertiary/aromatic N) is 1. The van der Waals surface area contributed by atoms with E-state index in [0.717, 1.165) is 18.5 Å². The zero-order chi connectivity index (χ0) is 13.1. The van der Waals surface area contributed by atoms with E-state index in [2.05, 4.69) is 20.8 Å². The average Bonchev–Trinajstić information content (AvgIpc) is 2.87. The lowest BCUT2D eigenvalue weighted by Crippen LogP contribution is -2.36. The first-order valence-electron chi connectivity index (χ1n) is 6.02. The van der Waals surface area contributed by atoms with Gasteiger partial charge in [0.15, 0.2) is 5.69 Å². The Morgan fingerprint density at radius 3 is 3.00 bits per heavy atom. The van der Waals surface area contributed by atoms with E-state index in [1.165, 1.54) is 0 Å². The van der Waals surface area contributed by atoms with Crippen molar-refractivity contribution in [2.24, 2.45) is 0 Å². The molecule has 0 aliphatic carbocycles. The molecule has 1 atom stereocenters. The van der Waals surface area contributed by atoms with Crippen molar-refractivity contribution in [2.75, 3.05) is 12.3 Å². The number of aromatic amines is 1. The molecule has 1 aliphatic rings. The Bertz CT molecular complexity index is 468. The second-order valence-electron chi connectivity index (χ2n) is 4.39. The van der Waals surface area contributed by atoms with Gasteiger partial charge in [0.25, 0.3) is 5.91 Å². The predicted molar refractivity (Wildman–Crippen MR) is 65.9 cm³/mol. The third-order valence-corrected chi connectivity index (χ3v) is 2.91. The largest absolute Gasteiger partial charge is 0.395 e. The van der Waals surface area contributed by atoms with Crippen LogP contribution in [-0.4, -0.2) is 34.6 Å². The van der Waals surface area contributed by atoms with E-state index in [4.69, 9.17) is 5.73 Å². The molecule has 0 spiro atoms. The van der Waals surface area contributed by atoms with Crippen LogP contribution < -0.4 is 16.4 Å². The number of amides is 2. The zero-order valence-electron chi connectivity index (χ0n) is 10.2. The van der Waals surface area contributed by atoms with Gasteiger partial charge < -0.3 is 16.4 Å². The van der Waals surface area contributed by atoms with Crippen LogP contribution in [0.5, 0.6) is 0 Å². The van der Waals surface area contributed by atoms with Crippen LogP contribution in [-0.2, 0) is 11.2 Å². The standard InChI is InChI=1S/C11H17N5O2/c1-2-3-7-9(12)10(16-15-7)11(18)14-6-4-8(17)13-5-6/h6H,2-5,12H2,1H3,(H,13,17)(H,14,18)(H,15,16). The van der Waals surface area contributed by atoms with Crippen LogP contribution in [0.4, 0.5) is 5.69 Å². The van der Waals surface area contributed by atoms with E-state index in [0.29, 0.717) is 18.7 Å². The van der Waals surface area contributed by atoms with Crippen LogP contribution in [0.15, 0.2) is 0 Å². The Morgan fingerprint density at radius 1 is 1.61 bits per heavy atom. The summed E-state index contributed by atoms with van der Waals surface area (Å²) in [7, 11) is 0. The molecule has 0 aromatic carbocycles. The number of hydrogen-bond acceptors (Lipinski definition) is 4. The molecular weight excluding hydrogens is 234 g/mol. The van der Waals surface area contributed by atoms with Gasteiger partial charge >= 0.3 is 0 Å². The van der Waals surface area contributed by atoms with Gasteiger partial charge in [-0.15, -0.1) is 0 Å². The number of hydrogen-bond donors (Lipinski definition) is 4. The van der Waals surface area contributed by atoms with Crippen LogP contribution in [0.3, 0.4) is 0 Å². The number of nitrogens with two attached hydrogens (primary N) is 1. The summed E-state index contributed by atoms with van der Waals surface area (Å²) in [6, 6.07) is -0.185. The van der Waals surface area contributed by atoms with Gasteiger partial charge in [0, 0.05) is 13.0 Å². The maximum Gasteiger partial charge on any atom is 0.274 e. The molecule has 18 heavy (non-hydrogen) atoms. The molecule has 2 rings (SSSR count). The molecule has 1 fully saturated rings. The summed E-state index contributed by atoms with van der Waals surface area (Å²) >= 11 is 0. The molecule has 0 saturated carbocycles. The highest BCUT2D eigenvalue weighted by molar-refractivity contribution is 5.98. The Kier molecular flexibility index (Phi) is 3.50. The lowest BCUT2D eigenvalue weighted by atomic mass is 10.2. The van der Waals surface area contributed by atoms with Gasteiger partial charge in [0.05, 0.1) is 17.4 Å². The lowest BCUT2D eigenvalue weighted by molar-refractivity contribution is -0.119. The molecule has 1 saturated heterocycles. The summed E-state index contributed by atoms with van der Waals surface area (Å²) in [5, 5.41) is 12.1. The van der Waals surface area contributed by atoms with Crippen molar-refractivity contribution in [1.29, 1.82) is 0 Å². The molecule has 7 nitrogen and oxygen atoms in total. The van der Waals surface area contributed by atoms with E-state index in [1.54, 1.807) is 0 Å². The number of rotatable bonds is 4. The van der Waals surface area contributed by atoms with Crippen LogP contribution in [0, 0.1) is 0 Å². The predicted octanol–water partition coefficient (Wildman–Crippen LogP) is -0.437. The average molecular weight is 251 g/mol. The molecule has 0 radical (unpaired) electrons. The van der Waals surface area contributed by atoms with E-state index in [-0.39, 0.29) is 23.6 Å². The minimum absolute atomic E-state index is 0.0537. The highest BCUT2D eigenvalue weighted by Gasteiger charge is 2.25. The summed E-state index contributed by atoms with van der Waals surface area (Å²) in [4.78, 5) is 23.0. The summed E-state index contributed by atoms with van der Waals surface area (Å²) < 4.78 is 0. The van der Waals surface area contributed by atoms with Gasteiger partial charge in [0.2, 0.25) is 5.91 Å². The van der Waals surface area contributed by atoms with Crippen molar-refractivity contribution in [1.82, 2.24) is 20.8 Å².